The normalized spacial score (nSPS) is 18.6. The van der Waals surface area contributed by atoms with Crippen molar-refractivity contribution < 1.29 is 0 Å². The maximum Gasteiger partial charge on any atom is 0.138 e. The van der Waals surface area contributed by atoms with E-state index in [1.165, 1.54) is 11.1 Å². The van der Waals surface area contributed by atoms with Crippen molar-refractivity contribution in [2.24, 2.45) is 0 Å². The molecule has 0 amide bonds. The van der Waals surface area contributed by atoms with Crippen molar-refractivity contribution in [3.8, 4) is 0 Å². The minimum Gasteiger partial charge on any atom is -0.312 e. The predicted octanol–water partition coefficient (Wildman–Crippen LogP) is 1.73. The molecule has 0 saturated heterocycles. The molecular formula is C14H18N4. The van der Waals surface area contributed by atoms with Crippen LogP contribution < -0.4 is 5.32 Å². The van der Waals surface area contributed by atoms with E-state index >= 15 is 0 Å². The quantitative estimate of drug-likeness (QED) is 0.891. The Balaban J connectivity index is 1.86. The monoisotopic (exact) mass is 242 g/mol. The van der Waals surface area contributed by atoms with Gasteiger partial charge in [-0.2, -0.15) is 5.10 Å². The van der Waals surface area contributed by atoms with E-state index in [9.17, 15) is 0 Å². The van der Waals surface area contributed by atoms with E-state index in [-0.39, 0.29) is 0 Å². The predicted molar refractivity (Wildman–Crippen MR) is 70.3 cm³/mol. The lowest BCUT2D eigenvalue weighted by Gasteiger charge is -2.26. The summed E-state index contributed by atoms with van der Waals surface area (Å²) >= 11 is 0. The van der Waals surface area contributed by atoms with Gasteiger partial charge in [-0.15, -0.1) is 0 Å². The van der Waals surface area contributed by atoms with E-state index in [1.54, 1.807) is 6.33 Å². The second-order valence-electron chi connectivity index (χ2n) is 4.72. The van der Waals surface area contributed by atoms with Crippen molar-refractivity contribution in [2.45, 2.75) is 32.4 Å². The zero-order valence-electron chi connectivity index (χ0n) is 10.6. The Kier molecular flexibility index (Phi) is 3.11. The lowest BCUT2D eigenvalue weighted by molar-refractivity contribution is 0.509. The van der Waals surface area contributed by atoms with Gasteiger partial charge in [0.1, 0.15) is 12.2 Å². The van der Waals surface area contributed by atoms with Gasteiger partial charge in [-0.3, -0.25) is 4.68 Å². The van der Waals surface area contributed by atoms with Crippen LogP contribution >= 0.6 is 0 Å². The highest BCUT2D eigenvalue weighted by atomic mass is 15.3. The Hall–Kier alpha value is -1.68. The fraction of sp³-hybridized carbons (Fsp3) is 0.429. The summed E-state index contributed by atoms with van der Waals surface area (Å²) in [6.07, 6.45) is 2.61. The highest BCUT2D eigenvalue weighted by molar-refractivity contribution is 5.33. The Labute approximate surface area is 107 Å². The number of nitrogens with zero attached hydrogens (tertiary/aromatic N) is 3. The Morgan fingerprint density at radius 3 is 3.17 bits per heavy atom. The lowest BCUT2D eigenvalue weighted by atomic mass is 9.88. The minimum atomic E-state index is 0.504. The van der Waals surface area contributed by atoms with Crippen LogP contribution in [-0.2, 0) is 19.5 Å². The molecule has 4 heteroatoms. The Morgan fingerprint density at radius 2 is 2.28 bits per heavy atom. The highest BCUT2D eigenvalue weighted by Gasteiger charge is 2.21. The van der Waals surface area contributed by atoms with Crippen molar-refractivity contribution in [3.63, 3.8) is 0 Å². The highest BCUT2D eigenvalue weighted by Crippen LogP contribution is 2.26. The molecule has 0 aliphatic carbocycles. The molecule has 94 valence electrons. The lowest BCUT2D eigenvalue weighted by Crippen LogP contribution is -2.29. The van der Waals surface area contributed by atoms with E-state index in [0.717, 1.165) is 31.9 Å². The zero-order valence-corrected chi connectivity index (χ0v) is 10.6. The third-order valence-electron chi connectivity index (χ3n) is 3.63. The number of hydrogen-bond acceptors (Lipinski definition) is 3. The van der Waals surface area contributed by atoms with Gasteiger partial charge in [0, 0.05) is 32.0 Å². The average molecular weight is 242 g/mol. The summed E-state index contributed by atoms with van der Waals surface area (Å²) in [5, 5.41) is 7.72. The number of aromatic nitrogens is 3. The van der Waals surface area contributed by atoms with Crippen LogP contribution in [0.2, 0.25) is 0 Å². The SMILES string of the molecule is CCn1ncnc1CC1CNCc2ccccc21. The van der Waals surface area contributed by atoms with Crippen LogP contribution in [0, 0.1) is 0 Å². The van der Waals surface area contributed by atoms with Crippen molar-refractivity contribution in [3.05, 3.63) is 47.5 Å². The molecule has 0 bridgehead atoms. The summed E-state index contributed by atoms with van der Waals surface area (Å²) in [5.41, 5.74) is 2.87. The first-order valence-corrected chi connectivity index (χ1v) is 6.53. The summed E-state index contributed by atoms with van der Waals surface area (Å²) in [6.45, 7) is 4.99. The summed E-state index contributed by atoms with van der Waals surface area (Å²) in [4.78, 5) is 4.38. The average Bonchev–Trinajstić information content (AvgIpc) is 2.86. The zero-order chi connectivity index (χ0) is 12.4. The van der Waals surface area contributed by atoms with Gasteiger partial charge in [-0.05, 0) is 18.1 Å². The molecule has 2 heterocycles. The molecule has 4 nitrogen and oxygen atoms in total. The molecule has 1 aliphatic heterocycles. The van der Waals surface area contributed by atoms with Crippen LogP contribution in [0.25, 0.3) is 0 Å². The van der Waals surface area contributed by atoms with Crippen molar-refractivity contribution in [1.29, 1.82) is 0 Å². The molecule has 1 aromatic heterocycles. The molecule has 1 aliphatic rings. The van der Waals surface area contributed by atoms with Gasteiger partial charge >= 0.3 is 0 Å². The smallest absolute Gasteiger partial charge is 0.138 e. The van der Waals surface area contributed by atoms with Crippen molar-refractivity contribution >= 4 is 0 Å². The molecule has 0 radical (unpaired) electrons. The topological polar surface area (TPSA) is 42.7 Å². The first-order valence-electron chi connectivity index (χ1n) is 6.53. The summed E-state index contributed by atoms with van der Waals surface area (Å²) < 4.78 is 1.98. The molecule has 1 N–H and O–H groups in total. The maximum absolute atomic E-state index is 4.38. The van der Waals surface area contributed by atoms with Crippen LogP contribution in [0.15, 0.2) is 30.6 Å². The molecule has 3 rings (SSSR count). The van der Waals surface area contributed by atoms with E-state index in [4.69, 9.17) is 0 Å². The fourth-order valence-electron chi connectivity index (χ4n) is 2.70. The third-order valence-corrected chi connectivity index (χ3v) is 3.63. The summed E-state index contributed by atoms with van der Waals surface area (Å²) in [5.74, 6) is 1.59. The molecular weight excluding hydrogens is 224 g/mol. The maximum atomic E-state index is 4.38. The molecule has 0 spiro atoms. The summed E-state index contributed by atoms with van der Waals surface area (Å²) in [7, 11) is 0. The van der Waals surface area contributed by atoms with E-state index in [0.29, 0.717) is 5.92 Å². The third kappa shape index (κ3) is 2.04. The molecule has 1 aromatic carbocycles. The van der Waals surface area contributed by atoms with Gasteiger partial charge in [-0.1, -0.05) is 24.3 Å². The Bertz CT molecular complexity index is 532. The van der Waals surface area contributed by atoms with E-state index in [2.05, 4.69) is 46.6 Å². The minimum absolute atomic E-state index is 0.504. The number of nitrogens with one attached hydrogen (secondary N) is 1. The number of aryl methyl sites for hydroxylation is 1. The van der Waals surface area contributed by atoms with Crippen LogP contribution in [-0.4, -0.2) is 21.3 Å². The molecule has 18 heavy (non-hydrogen) atoms. The van der Waals surface area contributed by atoms with E-state index in [1.807, 2.05) is 4.68 Å². The van der Waals surface area contributed by atoms with Crippen LogP contribution in [0.5, 0.6) is 0 Å². The number of fused-ring (bicyclic) bond motifs is 1. The van der Waals surface area contributed by atoms with Gasteiger partial charge in [0.05, 0.1) is 0 Å². The molecule has 1 unspecified atom stereocenters. The second-order valence-corrected chi connectivity index (χ2v) is 4.72. The van der Waals surface area contributed by atoms with Crippen LogP contribution in [0.3, 0.4) is 0 Å². The summed E-state index contributed by atoms with van der Waals surface area (Å²) in [6, 6.07) is 8.69. The van der Waals surface area contributed by atoms with Crippen molar-refractivity contribution in [2.75, 3.05) is 6.54 Å². The fourth-order valence-corrected chi connectivity index (χ4v) is 2.70. The first kappa shape index (κ1) is 11.4. The number of rotatable bonds is 3. The number of hydrogen-bond donors (Lipinski definition) is 1. The molecule has 0 fully saturated rings. The number of benzene rings is 1. The second kappa shape index (κ2) is 4.90. The Morgan fingerprint density at radius 1 is 1.39 bits per heavy atom. The largest absolute Gasteiger partial charge is 0.312 e. The van der Waals surface area contributed by atoms with Gasteiger partial charge in [0.15, 0.2) is 0 Å². The first-order chi connectivity index (χ1) is 8.88. The molecule has 1 atom stereocenters. The van der Waals surface area contributed by atoms with E-state index < -0.39 is 0 Å². The van der Waals surface area contributed by atoms with Gasteiger partial charge < -0.3 is 5.32 Å². The van der Waals surface area contributed by atoms with Crippen LogP contribution in [0.4, 0.5) is 0 Å². The van der Waals surface area contributed by atoms with Gasteiger partial charge in [0.25, 0.3) is 0 Å². The van der Waals surface area contributed by atoms with Crippen molar-refractivity contribution in [1.82, 2.24) is 20.1 Å². The van der Waals surface area contributed by atoms with Gasteiger partial charge in [-0.25, -0.2) is 4.98 Å². The van der Waals surface area contributed by atoms with Gasteiger partial charge in [0.2, 0.25) is 0 Å². The molecule has 0 saturated carbocycles. The van der Waals surface area contributed by atoms with Crippen LogP contribution in [0.1, 0.15) is 29.8 Å². The standard InChI is InChI=1S/C14H18N4/c1-2-18-14(16-10-17-18)7-12-9-15-8-11-5-3-4-6-13(11)12/h3-6,10,12,15H,2,7-9H2,1H3. The molecule has 2 aromatic rings.